The number of halogens is 1. The van der Waals surface area contributed by atoms with Crippen LogP contribution in [0.4, 0.5) is 0 Å². The van der Waals surface area contributed by atoms with Gasteiger partial charge in [-0.3, -0.25) is 4.79 Å². The van der Waals surface area contributed by atoms with E-state index in [0.29, 0.717) is 6.42 Å². The number of nitrogens with one attached hydrogen (secondary N) is 1. The van der Waals surface area contributed by atoms with Gasteiger partial charge in [-0.05, 0) is 51.7 Å². The minimum absolute atomic E-state index is 0.211. The molecular weight excluding hydrogens is 268 g/mol. The molecule has 0 radical (unpaired) electrons. The summed E-state index contributed by atoms with van der Waals surface area (Å²) in [5, 5.41) is 3.98. The first-order chi connectivity index (χ1) is 7.83. The molecule has 1 amide bonds. The Morgan fingerprint density at radius 1 is 1.19 bits per heavy atom. The highest BCUT2D eigenvalue weighted by molar-refractivity contribution is 9.09. The number of hydrogen-bond acceptors (Lipinski definition) is 2. The Bertz CT molecular complexity index is 193. The second-order valence-corrected chi connectivity index (χ2v) is 5.19. The average Bonchev–Trinajstić information content (AvgIpc) is 2.78. The first-order valence-corrected chi connectivity index (χ1v) is 7.50. The van der Waals surface area contributed by atoms with Crippen LogP contribution in [0.15, 0.2) is 0 Å². The Hall–Kier alpha value is -0.0900. The van der Waals surface area contributed by atoms with Crippen molar-refractivity contribution in [2.45, 2.75) is 38.5 Å². The maximum atomic E-state index is 11.4. The molecule has 1 aliphatic heterocycles. The van der Waals surface area contributed by atoms with Gasteiger partial charge in [-0.1, -0.05) is 15.9 Å². The van der Waals surface area contributed by atoms with Crippen molar-refractivity contribution in [1.82, 2.24) is 10.2 Å². The molecule has 1 aliphatic rings. The van der Waals surface area contributed by atoms with E-state index in [0.717, 1.165) is 37.7 Å². The molecule has 0 aromatic carbocycles. The van der Waals surface area contributed by atoms with Gasteiger partial charge in [0.1, 0.15) is 0 Å². The van der Waals surface area contributed by atoms with Crippen LogP contribution in [-0.4, -0.2) is 42.3 Å². The number of nitrogens with zero attached hydrogens (tertiary/aromatic N) is 1. The summed E-state index contributed by atoms with van der Waals surface area (Å²) in [4.78, 5) is 13.9. The minimum Gasteiger partial charge on any atom is -0.356 e. The molecule has 4 heteroatoms. The van der Waals surface area contributed by atoms with Gasteiger partial charge in [-0.25, -0.2) is 0 Å². The van der Waals surface area contributed by atoms with E-state index in [1.54, 1.807) is 0 Å². The highest BCUT2D eigenvalue weighted by Crippen LogP contribution is 2.06. The lowest BCUT2D eigenvalue weighted by Gasteiger charge is -2.14. The van der Waals surface area contributed by atoms with Crippen LogP contribution in [0.5, 0.6) is 0 Å². The lowest BCUT2D eigenvalue weighted by atomic mass is 10.2. The van der Waals surface area contributed by atoms with Crippen LogP contribution >= 0.6 is 15.9 Å². The fourth-order valence-corrected chi connectivity index (χ4v) is 2.40. The number of alkyl halides is 1. The van der Waals surface area contributed by atoms with Crippen LogP contribution in [0, 0.1) is 0 Å². The number of likely N-dealkylation sites (tertiary alicyclic amines) is 1. The second-order valence-electron chi connectivity index (χ2n) is 4.40. The number of carbonyl (C=O) groups is 1. The van der Waals surface area contributed by atoms with Crippen LogP contribution in [0.3, 0.4) is 0 Å². The maximum absolute atomic E-state index is 11.4. The normalized spacial score (nSPS) is 16.6. The quantitative estimate of drug-likeness (QED) is 0.549. The molecule has 0 bridgehead atoms. The molecule has 0 atom stereocenters. The Morgan fingerprint density at radius 2 is 1.94 bits per heavy atom. The predicted molar refractivity (Wildman–Crippen MR) is 70.9 cm³/mol. The maximum Gasteiger partial charge on any atom is 0.219 e. The zero-order valence-electron chi connectivity index (χ0n) is 10.0. The van der Waals surface area contributed by atoms with Gasteiger partial charge >= 0.3 is 0 Å². The summed E-state index contributed by atoms with van der Waals surface area (Å²) in [6, 6.07) is 0. The van der Waals surface area contributed by atoms with Gasteiger partial charge in [-0.15, -0.1) is 0 Å². The summed E-state index contributed by atoms with van der Waals surface area (Å²) in [5.41, 5.74) is 0. The Balaban J connectivity index is 1.87. The zero-order chi connectivity index (χ0) is 11.6. The number of carbonyl (C=O) groups excluding carboxylic acids is 1. The smallest absolute Gasteiger partial charge is 0.219 e. The molecule has 1 N–H and O–H groups in total. The summed E-state index contributed by atoms with van der Waals surface area (Å²) in [6.07, 6.45) is 6.53. The van der Waals surface area contributed by atoms with Gasteiger partial charge < -0.3 is 10.2 Å². The van der Waals surface area contributed by atoms with Crippen molar-refractivity contribution in [3.63, 3.8) is 0 Å². The molecule has 0 aromatic heterocycles. The molecule has 1 heterocycles. The van der Waals surface area contributed by atoms with E-state index in [4.69, 9.17) is 0 Å². The fraction of sp³-hybridized carbons (Fsp3) is 0.917. The van der Waals surface area contributed by atoms with Crippen molar-refractivity contribution in [1.29, 1.82) is 0 Å². The summed E-state index contributed by atoms with van der Waals surface area (Å²) in [5.74, 6) is 0.211. The molecule has 0 unspecified atom stereocenters. The van der Waals surface area contributed by atoms with E-state index < -0.39 is 0 Å². The van der Waals surface area contributed by atoms with Gasteiger partial charge in [-0.2, -0.15) is 0 Å². The molecular formula is C12H23BrN2O. The van der Waals surface area contributed by atoms with Gasteiger partial charge in [0.25, 0.3) is 0 Å². The zero-order valence-corrected chi connectivity index (χ0v) is 11.6. The third-order valence-electron chi connectivity index (χ3n) is 2.96. The standard InChI is InChI=1S/C12H23BrN2O/c13-7-2-1-6-12(16)14-8-5-11-15-9-3-4-10-15/h1-11H2,(H,14,16). The van der Waals surface area contributed by atoms with E-state index in [9.17, 15) is 4.79 Å². The van der Waals surface area contributed by atoms with Crippen molar-refractivity contribution in [2.75, 3.05) is 31.5 Å². The monoisotopic (exact) mass is 290 g/mol. The van der Waals surface area contributed by atoms with Crippen LogP contribution in [0.2, 0.25) is 0 Å². The topological polar surface area (TPSA) is 32.3 Å². The molecule has 0 aromatic rings. The highest BCUT2D eigenvalue weighted by atomic mass is 79.9. The second kappa shape index (κ2) is 8.99. The molecule has 3 nitrogen and oxygen atoms in total. The lowest BCUT2D eigenvalue weighted by Crippen LogP contribution is -2.28. The van der Waals surface area contributed by atoms with E-state index >= 15 is 0 Å². The van der Waals surface area contributed by atoms with E-state index in [1.165, 1.54) is 25.9 Å². The van der Waals surface area contributed by atoms with Gasteiger partial charge in [0.05, 0.1) is 0 Å². The Kier molecular flexibility index (Phi) is 7.85. The first-order valence-electron chi connectivity index (χ1n) is 6.38. The molecule has 0 aliphatic carbocycles. The van der Waals surface area contributed by atoms with Crippen LogP contribution in [0.25, 0.3) is 0 Å². The molecule has 16 heavy (non-hydrogen) atoms. The third kappa shape index (κ3) is 6.48. The molecule has 1 rings (SSSR count). The molecule has 94 valence electrons. The third-order valence-corrected chi connectivity index (χ3v) is 3.52. The van der Waals surface area contributed by atoms with Crippen LogP contribution in [-0.2, 0) is 4.79 Å². The minimum atomic E-state index is 0.211. The summed E-state index contributed by atoms with van der Waals surface area (Å²) in [7, 11) is 0. The van der Waals surface area contributed by atoms with Crippen LogP contribution < -0.4 is 5.32 Å². The first kappa shape index (κ1) is 14.0. The van der Waals surface area contributed by atoms with Gasteiger partial charge in [0, 0.05) is 18.3 Å². The average molecular weight is 291 g/mol. The number of unbranched alkanes of at least 4 members (excludes halogenated alkanes) is 1. The van der Waals surface area contributed by atoms with Crippen molar-refractivity contribution in [3.05, 3.63) is 0 Å². The molecule has 0 spiro atoms. The van der Waals surface area contributed by atoms with Crippen molar-refractivity contribution >= 4 is 21.8 Å². The highest BCUT2D eigenvalue weighted by Gasteiger charge is 2.10. The van der Waals surface area contributed by atoms with Gasteiger partial charge in [0.2, 0.25) is 5.91 Å². The molecule has 1 saturated heterocycles. The number of amides is 1. The number of rotatable bonds is 8. The van der Waals surface area contributed by atoms with Crippen molar-refractivity contribution < 1.29 is 4.79 Å². The Morgan fingerprint density at radius 3 is 2.62 bits per heavy atom. The van der Waals surface area contributed by atoms with E-state index in [-0.39, 0.29) is 5.91 Å². The predicted octanol–water partition coefficient (Wildman–Crippen LogP) is 2.15. The van der Waals surface area contributed by atoms with Crippen molar-refractivity contribution in [3.8, 4) is 0 Å². The lowest BCUT2D eigenvalue weighted by molar-refractivity contribution is -0.121. The SMILES string of the molecule is O=C(CCCCBr)NCCCN1CCCC1. The molecule has 1 fully saturated rings. The Labute approximate surface area is 107 Å². The van der Waals surface area contributed by atoms with Crippen molar-refractivity contribution in [2.24, 2.45) is 0 Å². The summed E-state index contributed by atoms with van der Waals surface area (Å²) < 4.78 is 0. The van der Waals surface area contributed by atoms with E-state index in [1.807, 2.05) is 0 Å². The van der Waals surface area contributed by atoms with Crippen LogP contribution in [0.1, 0.15) is 38.5 Å². The molecule has 0 saturated carbocycles. The van der Waals surface area contributed by atoms with E-state index in [2.05, 4.69) is 26.1 Å². The summed E-state index contributed by atoms with van der Waals surface area (Å²) in [6.45, 7) is 4.48. The summed E-state index contributed by atoms with van der Waals surface area (Å²) >= 11 is 3.36. The van der Waals surface area contributed by atoms with Gasteiger partial charge in [0.15, 0.2) is 0 Å². The number of hydrogen-bond donors (Lipinski definition) is 1. The largest absolute Gasteiger partial charge is 0.356 e. The fourth-order valence-electron chi connectivity index (χ4n) is 2.01.